The summed E-state index contributed by atoms with van der Waals surface area (Å²) >= 11 is 5.63. The molecule has 0 fully saturated rings. The average molecular weight is 208 g/mol. The normalized spacial score (nSPS) is 14.6. The Hall–Kier alpha value is -0.280. The Bertz CT molecular complexity index is 182. The molecular formula is C9H18ClNO2. The highest BCUT2D eigenvalue weighted by atomic mass is 35.5. The zero-order valence-corrected chi connectivity index (χ0v) is 9.43. The second-order valence-corrected chi connectivity index (χ2v) is 4.38. The molecule has 0 saturated heterocycles. The number of carboxylic acid groups (broad SMARTS) is 1. The molecule has 0 spiro atoms. The molecule has 0 rings (SSSR count). The zero-order chi connectivity index (χ0) is 10.6. The Morgan fingerprint density at radius 1 is 1.62 bits per heavy atom. The van der Waals surface area contributed by atoms with Crippen LogP contribution in [0.3, 0.4) is 0 Å². The summed E-state index contributed by atoms with van der Waals surface area (Å²) in [6, 6.07) is 0. The lowest BCUT2D eigenvalue weighted by Crippen LogP contribution is -2.44. The van der Waals surface area contributed by atoms with Gasteiger partial charge < -0.3 is 5.11 Å². The van der Waals surface area contributed by atoms with Crippen molar-refractivity contribution in [3.8, 4) is 0 Å². The van der Waals surface area contributed by atoms with Crippen LogP contribution in [0.25, 0.3) is 0 Å². The first-order chi connectivity index (χ1) is 5.81. The Kier molecular flexibility index (Phi) is 4.71. The summed E-state index contributed by atoms with van der Waals surface area (Å²) in [5.41, 5.74) is 0.00257. The number of hydrogen-bond donors (Lipinski definition) is 1. The monoisotopic (exact) mass is 207 g/mol. The van der Waals surface area contributed by atoms with Gasteiger partial charge in [-0.15, -0.1) is 11.6 Å². The first kappa shape index (κ1) is 12.7. The van der Waals surface area contributed by atoms with E-state index in [0.29, 0.717) is 6.54 Å². The smallest absolute Gasteiger partial charge is 0.322 e. The predicted molar refractivity (Wildman–Crippen MR) is 54.3 cm³/mol. The van der Waals surface area contributed by atoms with E-state index in [1.807, 2.05) is 11.9 Å². The molecule has 0 aromatic heterocycles. The SMILES string of the molecule is CCC(C)(C)N(C)CC(Cl)C(=O)O. The lowest BCUT2D eigenvalue weighted by Gasteiger charge is -2.35. The summed E-state index contributed by atoms with van der Waals surface area (Å²) in [5.74, 6) is -0.958. The van der Waals surface area contributed by atoms with E-state index in [1.54, 1.807) is 0 Å². The van der Waals surface area contributed by atoms with Crippen molar-refractivity contribution in [1.82, 2.24) is 4.90 Å². The first-order valence-electron chi connectivity index (χ1n) is 4.39. The maximum atomic E-state index is 10.5. The Labute approximate surface area is 84.7 Å². The Balaban J connectivity index is 4.14. The number of alkyl halides is 1. The lowest BCUT2D eigenvalue weighted by atomic mass is 10.00. The minimum atomic E-state index is -0.958. The van der Waals surface area contributed by atoms with Crippen LogP contribution in [0.1, 0.15) is 27.2 Å². The second kappa shape index (κ2) is 4.82. The van der Waals surface area contributed by atoms with Crippen molar-refractivity contribution >= 4 is 17.6 Å². The molecule has 0 aromatic rings. The molecule has 0 aliphatic carbocycles. The van der Waals surface area contributed by atoms with Crippen LogP contribution in [-0.2, 0) is 4.79 Å². The largest absolute Gasteiger partial charge is 0.480 e. The third kappa shape index (κ3) is 3.96. The van der Waals surface area contributed by atoms with Crippen LogP contribution in [0, 0.1) is 0 Å². The summed E-state index contributed by atoms with van der Waals surface area (Å²) in [6.07, 6.45) is 0.965. The van der Waals surface area contributed by atoms with Gasteiger partial charge in [-0.05, 0) is 27.3 Å². The van der Waals surface area contributed by atoms with Crippen molar-refractivity contribution in [1.29, 1.82) is 0 Å². The standard InChI is InChI=1S/C9H18ClNO2/c1-5-9(2,3)11(4)6-7(10)8(12)13/h7H,5-6H2,1-4H3,(H,12,13). The van der Waals surface area contributed by atoms with E-state index >= 15 is 0 Å². The molecule has 4 heteroatoms. The van der Waals surface area contributed by atoms with Gasteiger partial charge in [-0.1, -0.05) is 6.92 Å². The molecule has 0 aliphatic heterocycles. The highest BCUT2D eigenvalue weighted by Gasteiger charge is 2.25. The number of carboxylic acids is 1. The maximum absolute atomic E-state index is 10.5. The number of carbonyl (C=O) groups is 1. The summed E-state index contributed by atoms with van der Waals surface area (Å²) in [5, 5.41) is 7.79. The van der Waals surface area contributed by atoms with Crippen molar-refractivity contribution in [2.75, 3.05) is 13.6 Å². The molecule has 0 bridgehead atoms. The van der Waals surface area contributed by atoms with Gasteiger partial charge in [0.1, 0.15) is 5.38 Å². The average Bonchev–Trinajstić information content (AvgIpc) is 2.04. The number of nitrogens with zero attached hydrogens (tertiary/aromatic N) is 1. The van der Waals surface area contributed by atoms with Gasteiger partial charge in [0.25, 0.3) is 0 Å². The van der Waals surface area contributed by atoms with E-state index < -0.39 is 11.3 Å². The minimum absolute atomic E-state index is 0.00257. The first-order valence-corrected chi connectivity index (χ1v) is 4.83. The van der Waals surface area contributed by atoms with Gasteiger partial charge in [0.15, 0.2) is 0 Å². The quantitative estimate of drug-likeness (QED) is 0.699. The van der Waals surface area contributed by atoms with Crippen LogP contribution >= 0.6 is 11.6 Å². The molecule has 0 aliphatic rings. The zero-order valence-electron chi connectivity index (χ0n) is 8.67. The molecule has 78 valence electrons. The fourth-order valence-electron chi connectivity index (χ4n) is 0.836. The van der Waals surface area contributed by atoms with Crippen LogP contribution in [-0.4, -0.2) is 40.5 Å². The molecule has 3 nitrogen and oxygen atoms in total. The molecule has 0 aromatic carbocycles. The van der Waals surface area contributed by atoms with E-state index in [4.69, 9.17) is 16.7 Å². The molecule has 0 radical (unpaired) electrons. The minimum Gasteiger partial charge on any atom is -0.480 e. The van der Waals surface area contributed by atoms with Crippen molar-refractivity contribution in [2.45, 2.75) is 38.1 Å². The maximum Gasteiger partial charge on any atom is 0.322 e. The van der Waals surface area contributed by atoms with E-state index in [9.17, 15) is 4.79 Å². The van der Waals surface area contributed by atoms with Crippen LogP contribution in [0.15, 0.2) is 0 Å². The van der Waals surface area contributed by atoms with Crippen LogP contribution in [0.2, 0.25) is 0 Å². The van der Waals surface area contributed by atoms with Crippen molar-refractivity contribution in [3.05, 3.63) is 0 Å². The highest BCUT2D eigenvalue weighted by Crippen LogP contribution is 2.17. The second-order valence-electron chi connectivity index (χ2n) is 3.85. The van der Waals surface area contributed by atoms with Crippen molar-refractivity contribution in [3.63, 3.8) is 0 Å². The lowest BCUT2D eigenvalue weighted by molar-refractivity contribution is -0.137. The van der Waals surface area contributed by atoms with E-state index in [2.05, 4.69) is 20.8 Å². The van der Waals surface area contributed by atoms with Gasteiger partial charge in [-0.25, -0.2) is 0 Å². The number of halogens is 1. The fourth-order valence-corrected chi connectivity index (χ4v) is 1.04. The molecule has 1 unspecified atom stereocenters. The topological polar surface area (TPSA) is 40.5 Å². The molecule has 0 amide bonds. The van der Waals surface area contributed by atoms with Gasteiger partial charge in [-0.3, -0.25) is 9.69 Å². The van der Waals surface area contributed by atoms with Gasteiger partial charge in [-0.2, -0.15) is 0 Å². The van der Waals surface area contributed by atoms with Gasteiger partial charge in [0.05, 0.1) is 0 Å². The summed E-state index contributed by atoms with van der Waals surface area (Å²) in [6.45, 7) is 6.58. The highest BCUT2D eigenvalue weighted by molar-refractivity contribution is 6.29. The Morgan fingerprint density at radius 3 is 2.38 bits per heavy atom. The van der Waals surface area contributed by atoms with E-state index in [1.165, 1.54) is 0 Å². The van der Waals surface area contributed by atoms with Crippen molar-refractivity contribution in [2.24, 2.45) is 0 Å². The Morgan fingerprint density at radius 2 is 2.08 bits per heavy atom. The summed E-state index contributed by atoms with van der Waals surface area (Å²) in [7, 11) is 1.89. The van der Waals surface area contributed by atoms with Crippen LogP contribution in [0.4, 0.5) is 0 Å². The molecular weight excluding hydrogens is 190 g/mol. The molecule has 0 heterocycles. The molecule has 1 atom stereocenters. The van der Waals surface area contributed by atoms with Gasteiger partial charge >= 0.3 is 5.97 Å². The summed E-state index contributed by atoms with van der Waals surface area (Å²) < 4.78 is 0. The number of rotatable bonds is 5. The van der Waals surface area contributed by atoms with E-state index in [0.717, 1.165) is 6.42 Å². The van der Waals surface area contributed by atoms with Crippen LogP contribution < -0.4 is 0 Å². The third-order valence-corrected chi connectivity index (χ3v) is 2.93. The van der Waals surface area contributed by atoms with Crippen molar-refractivity contribution < 1.29 is 9.90 Å². The molecule has 1 N–H and O–H groups in total. The molecule has 13 heavy (non-hydrogen) atoms. The van der Waals surface area contributed by atoms with E-state index in [-0.39, 0.29) is 5.54 Å². The predicted octanol–water partition coefficient (Wildman–Crippen LogP) is 1.80. The number of aliphatic carboxylic acids is 1. The third-order valence-electron chi connectivity index (χ3n) is 2.60. The summed E-state index contributed by atoms with van der Waals surface area (Å²) in [4.78, 5) is 12.5. The van der Waals surface area contributed by atoms with Gasteiger partial charge in [0.2, 0.25) is 0 Å². The fraction of sp³-hybridized carbons (Fsp3) is 0.889. The van der Waals surface area contributed by atoms with Gasteiger partial charge in [0, 0.05) is 12.1 Å². The van der Waals surface area contributed by atoms with Crippen LogP contribution in [0.5, 0.6) is 0 Å². The number of hydrogen-bond acceptors (Lipinski definition) is 2. The molecule has 0 saturated carbocycles.